The number of aryl methyl sites for hydroxylation is 1. The van der Waals surface area contributed by atoms with Gasteiger partial charge in [-0.2, -0.15) is 0 Å². The van der Waals surface area contributed by atoms with E-state index in [1.54, 1.807) is 6.33 Å². The van der Waals surface area contributed by atoms with Crippen molar-refractivity contribution >= 4 is 0 Å². The predicted molar refractivity (Wildman–Crippen MR) is 40.4 cm³/mol. The minimum atomic E-state index is 0.761. The van der Waals surface area contributed by atoms with Gasteiger partial charge in [-0.25, -0.2) is 4.98 Å². The van der Waals surface area contributed by atoms with E-state index in [4.69, 9.17) is 0 Å². The summed E-state index contributed by atoms with van der Waals surface area (Å²) in [5.74, 6) is 5.78. The van der Waals surface area contributed by atoms with Crippen molar-refractivity contribution in [2.75, 3.05) is 0 Å². The lowest BCUT2D eigenvalue weighted by Crippen LogP contribution is -1.80. The van der Waals surface area contributed by atoms with Gasteiger partial charge in [0, 0.05) is 13.2 Å². The van der Waals surface area contributed by atoms with E-state index in [1.807, 2.05) is 24.7 Å². The molecular formula is C8H10N2. The summed E-state index contributed by atoms with van der Waals surface area (Å²) < 4.78 is 1.92. The second-order valence-electron chi connectivity index (χ2n) is 2.13. The molecule has 0 spiro atoms. The minimum Gasteiger partial charge on any atom is -0.340 e. The molecule has 0 saturated heterocycles. The third-order valence-electron chi connectivity index (χ3n) is 1.20. The van der Waals surface area contributed by atoms with Gasteiger partial charge in [0.1, 0.15) is 0 Å². The number of hydrogen-bond donors (Lipinski definition) is 0. The maximum atomic E-state index is 4.11. The van der Waals surface area contributed by atoms with Gasteiger partial charge in [-0.1, -0.05) is 5.92 Å². The summed E-state index contributed by atoms with van der Waals surface area (Å²) in [4.78, 5) is 4.11. The molecule has 0 fully saturated rings. The first-order valence-corrected chi connectivity index (χ1v) is 3.19. The van der Waals surface area contributed by atoms with Crippen molar-refractivity contribution < 1.29 is 0 Å². The van der Waals surface area contributed by atoms with Crippen LogP contribution in [0.4, 0.5) is 0 Å². The van der Waals surface area contributed by atoms with Crippen LogP contribution in [0.5, 0.6) is 0 Å². The van der Waals surface area contributed by atoms with E-state index in [-0.39, 0.29) is 0 Å². The molecule has 0 amide bonds. The number of hydrogen-bond acceptors (Lipinski definition) is 1. The first-order valence-electron chi connectivity index (χ1n) is 3.19. The molecule has 1 aromatic rings. The molecule has 0 bridgehead atoms. The predicted octanol–water partition coefficient (Wildman–Crippen LogP) is 0.986. The van der Waals surface area contributed by atoms with E-state index in [2.05, 4.69) is 16.8 Å². The van der Waals surface area contributed by atoms with Crippen molar-refractivity contribution in [3.63, 3.8) is 0 Å². The van der Waals surface area contributed by atoms with Crippen molar-refractivity contribution in [3.05, 3.63) is 18.2 Å². The van der Waals surface area contributed by atoms with Gasteiger partial charge in [0.25, 0.3) is 0 Å². The average Bonchev–Trinajstić information content (AvgIpc) is 2.31. The molecule has 0 atom stereocenters. The molecule has 0 unspecified atom stereocenters. The lowest BCUT2D eigenvalue weighted by molar-refractivity contribution is 0.912. The highest BCUT2D eigenvalue weighted by Gasteiger charge is 1.90. The zero-order valence-corrected chi connectivity index (χ0v) is 6.26. The number of rotatable bonds is 1. The Morgan fingerprint density at radius 3 is 3.00 bits per heavy atom. The third-order valence-corrected chi connectivity index (χ3v) is 1.20. The van der Waals surface area contributed by atoms with Gasteiger partial charge < -0.3 is 4.57 Å². The largest absolute Gasteiger partial charge is 0.340 e. The van der Waals surface area contributed by atoms with Crippen LogP contribution in [0.15, 0.2) is 12.5 Å². The highest BCUT2D eigenvalue weighted by atomic mass is 15.0. The Morgan fingerprint density at radius 1 is 1.70 bits per heavy atom. The molecule has 0 aliphatic heterocycles. The number of aromatic nitrogens is 2. The lowest BCUT2D eigenvalue weighted by atomic mass is 10.3. The smallest absolute Gasteiger partial charge is 0.0947 e. The van der Waals surface area contributed by atoms with E-state index < -0.39 is 0 Å². The summed E-state index contributed by atoms with van der Waals surface area (Å²) in [6.07, 6.45) is 4.52. The second kappa shape index (κ2) is 3.07. The average molecular weight is 134 g/mol. The van der Waals surface area contributed by atoms with Gasteiger partial charge in [-0.15, -0.1) is 5.92 Å². The van der Waals surface area contributed by atoms with Crippen LogP contribution < -0.4 is 0 Å². The Balaban J connectivity index is 2.64. The van der Waals surface area contributed by atoms with Gasteiger partial charge in [-0.3, -0.25) is 0 Å². The van der Waals surface area contributed by atoms with Gasteiger partial charge in [0.15, 0.2) is 0 Å². The van der Waals surface area contributed by atoms with Crippen LogP contribution in [0.2, 0.25) is 0 Å². The molecule has 0 saturated carbocycles. The van der Waals surface area contributed by atoms with Gasteiger partial charge in [0.2, 0.25) is 0 Å². The van der Waals surface area contributed by atoms with E-state index in [0.717, 1.165) is 12.1 Å². The molecule has 0 aliphatic carbocycles. The highest BCUT2D eigenvalue weighted by Crippen LogP contribution is 1.92. The summed E-state index contributed by atoms with van der Waals surface area (Å²) in [6.45, 7) is 1.84. The van der Waals surface area contributed by atoms with Crippen LogP contribution in [-0.2, 0) is 13.5 Å². The summed E-state index contributed by atoms with van der Waals surface area (Å²) >= 11 is 0. The molecule has 0 N–H and O–H groups in total. The molecule has 0 aromatic carbocycles. The number of imidazole rings is 1. The molecule has 2 heteroatoms. The molecule has 52 valence electrons. The first-order chi connectivity index (χ1) is 4.83. The summed E-state index contributed by atoms with van der Waals surface area (Å²) in [5.41, 5.74) is 1.04. The van der Waals surface area contributed by atoms with Crippen LogP contribution in [0.25, 0.3) is 0 Å². The standard InChI is InChI=1S/C8H10N2/c1-3-4-5-8-6-10(2)7-9-8/h6-7H,5H2,1-2H3. The highest BCUT2D eigenvalue weighted by molar-refractivity contribution is 5.09. The van der Waals surface area contributed by atoms with Gasteiger partial charge >= 0.3 is 0 Å². The van der Waals surface area contributed by atoms with E-state index in [1.165, 1.54) is 0 Å². The molecule has 10 heavy (non-hydrogen) atoms. The van der Waals surface area contributed by atoms with Crippen molar-refractivity contribution in [2.24, 2.45) is 7.05 Å². The van der Waals surface area contributed by atoms with Crippen LogP contribution in [0.1, 0.15) is 12.6 Å². The third kappa shape index (κ3) is 1.63. The Morgan fingerprint density at radius 2 is 2.50 bits per heavy atom. The summed E-state index contributed by atoms with van der Waals surface area (Å²) in [7, 11) is 1.95. The zero-order valence-electron chi connectivity index (χ0n) is 6.26. The van der Waals surface area contributed by atoms with Crippen LogP contribution in [0.3, 0.4) is 0 Å². The van der Waals surface area contributed by atoms with Gasteiger partial charge in [-0.05, 0) is 6.92 Å². The minimum absolute atomic E-state index is 0.761. The fraction of sp³-hybridized carbons (Fsp3) is 0.375. The molecule has 1 rings (SSSR count). The molecule has 0 aliphatic rings. The topological polar surface area (TPSA) is 17.8 Å². The molecule has 1 heterocycles. The molecule has 2 nitrogen and oxygen atoms in total. The Labute approximate surface area is 60.9 Å². The molecule has 0 radical (unpaired) electrons. The van der Waals surface area contributed by atoms with Crippen LogP contribution >= 0.6 is 0 Å². The fourth-order valence-corrected chi connectivity index (χ4v) is 0.737. The van der Waals surface area contributed by atoms with E-state index in [9.17, 15) is 0 Å². The summed E-state index contributed by atoms with van der Waals surface area (Å²) in [5, 5.41) is 0. The Bertz CT molecular complexity index is 262. The lowest BCUT2D eigenvalue weighted by Gasteiger charge is -1.82. The normalized spacial score (nSPS) is 8.60. The fourth-order valence-electron chi connectivity index (χ4n) is 0.737. The first kappa shape index (κ1) is 6.88. The van der Waals surface area contributed by atoms with Crippen molar-refractivity contribution in [3.8, 4) is 11.8 Å². The second-order valence-corrected chi connectivity index (χ2v) is 2.13. The quantitative estimate of drug-likeness (QED) is 0.524. The molecular weight excluding hydrogens is 124 g/mol. The van der Waals surface area contributed by atoms with E-state index in [0.29, 0.717) is 0 Å². The van der Waals surface area contributed by atoms with Crippen LogP contribution in [-0.4, -0.2) is 9.55 Å². The van der Waals surface area contributed by atoms with Crippen molar-refractivity contribution in [1.82, 2.24) is 9.55 Å². The molecule has 1 aromatic heterocycles. The van der Waals surface area contributed by atoms with Crippen molar-refractivity contribution in [1.29, 1.82) is 0 Å². The Kier molecular flexibility index (Phi) is 2.11. The van der Waals surface area contributed by atoms with Crippen molar-refractivity contribution in [2.45, 2.75) is 13.3 Å². The van der Waals surface area contributed by atoms with E-state index >= 15 is 0 Å². The Hall–Kier alpha value is -1.23. The van der Waals surface area contributed by atoms with Gasteiger partial charge in [0.05, 0.1) is 18.4 Å². The summed E-state index contributed by atoms with van der Waals surface area (Å²) in [6, 6.07) is 0. The zero-order chi connectivity index (χ0) is 7.40. The maximum Gasteiger partial charge on any atom is 0.0947 e. The van der Waals surface area contributed by atoms with Crippen LogP contribution in [0, 0.1) is 11.8 Å². The SMILES string of the molecule is CC#CCc1cn(C)cn1. The number of nitrogens with zero attached hydrogens (tertiary/aromatic N) is 2. The maximum absolute atomic E-state index is 4.11. The monoisotopic (exact) mass is 134 g/mol.